The number of hydrogen-bond acceptors (Lipinski definition) is 1. The van der Waals surface area contributed by atoms with Gasteiger partial charge >= 0.3 is 0 Å². The van der Waals surface area contributed by atoms with Gasteiger partial charge < -0.3 is 4.74 Å². The number of methoxy groups -OCH3 is 1. The van der Waals surface area contributed by atoms with Crippen molar-refractivity contribution in [3.8, 4) is 11.1 Å². The summed E-state index contributed by atoms with van der Waals surface area (Å²) in [5.74, 6) is 0.315. The summed E-state index contributed by atoms with van der Waals surface area (Å²) in [4.78, 5) is 0. The Labute approximate surface area is 108 Å². The fourth-order valence-electron chi connectivity index (χ4n) is 3.02. The summed E-state index contributed by atoms with van der Waals surface area (Å²) < 4.78 is 5.74. The van der Waals surface area contributed by atoms with Gasteiger partial charge in [0.05, 0.1) is 5.60 Å². The minimum absolute atomic E-state index is 0.192. The molecule has 0 heterocycles. The highest BCUT2D eigenvalue weighted by molar-refractivity contribution is 5.79. The second-order valence-electron chi connectivity index (χ2n) is 5.42. The molecule has 2 aromatic carbocycles. The van der Waals surface area contributed by atoms with E-state index in [0.717, 1.165) is 0 Å². The van der Waals surface area contributed by atoms with Crippen molar-refractivity contribution in [1.82, 2.24) is 0 Å². The SMILES string of the molecule is COC(C)(C)C1c2ccccc2-c2ccccc21. The topological polar surface area (TPSA) is 9.23 Å². The molecule has 0 spiro atoms. The first-order valence-corrected chi connectivity index (χ1v) is 6.38. The monoisotopic (exact) mass is 238 g/mol. The van der Waals surface area contributed by atoms with Crippen molar-refractivity contribution < 1.29 is 4.74 Å². The van der Waals surface area contributed by atoms with E-state index >= 15 is 0 Å². The summed E-state index contributed by atoms with van der Waals surface area (Å²) in [6.45, 7) is 4.33. The van der Waals surface area contributed by atoms with Crippen LogP contribution in [0.4, 0.5) is 0 Å². The summed E-state index contributed by atoms with van der Waals surface area (Å²) in [7, 11) is 1.80. The standard InChI is InChI=1S/C17H18O/c1-17(2,18-3)16-14-10-6-4-8-12(14)13-9-5-7-11-15(13)16/h4-11,16H,1-3H3. The van der Waals surface area contributed by atoms with E-state index in [4.69, 9.17) is 4.74 Å². The second-order valence-corrected chi connectivity index (χ2v) is 5.42. The lowest BCUT2D eigenvalue weighted by molar-refractivity contribution is 0.00971. The third-order valence-electron chi connectivity index (χ3n) is 4.06. The summed E-state index contributed by atoms with van der Waals surface area (Å²) >= 11 is 0. The first-order valence-electron chi connectivity index (χ1n) is 6.38. The maximum atomic E-state index is 5.74. The smallest absolute Gasteiger partial charge is 0.0731 e. The number of benzene rings is 2. The zero-order chi connectivity index (χ0) is 12.8. The molecule has 92 valence electrons. The normalized spacial score (nSPS) is 14.4. The molecule has 1 heteroatoms. The van der Waals surface area contributed by atoms with Gasteiger partial charge in [0, 0.05) is 13.0 Å². The van der Waals surface area contributed by atoms with E-state index in [2.05, 4.69) is 62.4 Å². The quantitative estimate of drug-likeness (QED) is 0.761. The summed E-state index contributed by atoms with van der Waals surface area (Å²) in [6, 6.07) is 17.3. The van der Waals surface area contributed by atoms with Gasteiger partial charge in [-0.1, -0.05) is 48.5 Å². The van der Waals surface area contributed by atoms with E-state index in [9.17, 15) is 0 Å². The van der Waals surface area contributed by atoms with Gasteiger partial charge in [-0.3, -0.25) is 0 Å². The molecular weight excluding hydrogens is 220 g/mol. The van der Waals surface area contributed by atoms with Crippen molar-refractivity contribution in [1.29, 1.82) is 0 Å². The van der Waals surface area contributed by atoms with Crippen molar-refractivity contribution in [2.24, 2.45) is 0 Å². The summed E-state index contributed by atoms with van der Waals surface area (Å²) in [5.41, 5.74) is 5.27. The molecule has 1 aliphatic carbocycles. The lowest BCUT2D eigenvalue weighted by Gasteiger charge is -2.31. The van der Waals surface area contributed by atoms with Crippen LogP contribution in [0.2, 0.25) is 0 Å². The fraction of sp³-hybridized carbons (Fsp3) is 0.294. The maximum absolute atomic E-state index is 5.74. The average Bonchev–Trinajstić information content (AvgIpc) is 2.74. The van der Waals surface area contributed by atoms with Gasteiger partial charge in [0.2, 0.25) is 0 Å². The van der Waals surface area contributed by atoms with Crippen molar-refractivity contribution >= 4 is 0 Å². The molecule has 0 atom stereocenters. The Balaban J connectivity index is 2.27. The molecule has 18 heavy (non-hydrogen) atoms. The molecule has 3 rings (SSSR count). The minimum Gasteiger partial charge on any atom is -0.378 e. The van der Waals surface area contributed by atoms with E-state index < -0.39 is 0 Å². The Morgan fingerprint density at radius 2 is 1.28 bits per heavy atom. The van der Waals surface area contributed by atoms with E-state index in [0.29, 0.717) is 5.92 Å². The molecule has 1 nitrogen and oxygen atoms in total. The highest BCUT2D eigenvalue weighted by Crippen LogP contribution is 2.49. The predicted octanol–water partition coefficient (Wildman–Crippen LogP) is 4.22. The molecule has 0 unspecified atom stereocenters. The molecule has 0 bridgehead atoms. The number of hydrogen-bond donors (Lipinski definition) is 0. The van der Waals surface area contributed by atoms with Crippen molar-refractivity contribution in [2.45, 2.75) is 25.4 Å². The van der Waals surface area contributed by atoms with Crippen molar-refractivity contribution in [3.63, 3.8) is 0 Å². The summed E-state index contributed by atoms with van der Waals surface area (Å²) in [6.07, 6.45) is 0. The van der Waals surface area contributed by atoms with Crippen LogP contribution in [-0.4, -0.2) is 12.7 Å². The number of fused-ring (bicyclic) bond motifs is 3. The number of rotatable bonds is 2. The lowest BCUT2D eigenvalue weighted by Crippen LogP contribution is -2.31. The molecule has 2 aromatic rings. The molecule has 0 fully saturated rings. The molecule has 0 saturated carbocycles. The second kappa shape index (κ2) is 3.96. The summed E-state index contributed by atoms with van der Waals surface area (Å²) in [5, 5.41) is 0. The van der Waals surface area contributed by atoms with Crippen LogP contribution in [-0.2, 0) is 4.74 Å². The Hall–Kier alpha value is -1.60. The minimum atomic E-state index is -0.192. The van der Waals surface area contributed by atoms with Gasteiger partial charge in [0.25, 0.3) is 0 Å². The zero-order valence-corrected chi connectivity index (χ0v) is 11.1. The van der Waals surface area contributed by atoms with Gasteiger partial charge in [-0.05, 0) is 36.1 Å². The largest absolute Gasteiger partial charge is 0.378 e. The third-order valence-corrected chi connectivity index (χ3v) is 4.06. The van der Waals surface area contributed by atoms with Gasteiger partial charge in [0.1, 0.15) is 0 Å². The Bertz CT molecular complexity index is 538. The maximum Gasteiger partial charge on any atom is 0.0731 e. The van der Waals surface area contributed by atoms with E-state index in [1.165, 1.54) is 22.3 Å². The van der Waals surface area contributed by atoms with Crippen LogP contribution in [0.1, 0.15) is 30.9 Å². The van der Waals surface area contributed by atoms with Crippen molar-refractivity contribution in [3.05, 3.63) is 59.7 Å². The molecule has 0 radical (unpaired) electrons. The number of ether oxygens (including phenoxy) is 1. The van der Waals surface area contributed by atoms with Crippen LogP contribution in [0.5, 0.6) is 0 Å². The van der Waals surface area contributed by atoms with Crippen molar-refractivity contribution in [2.75, 3.05) is 7.11 Å². The highest BCUT2D eigenvalue weighted by Gasteiger charge is 2.39. The predicted molar refractivity (Wildman–Crippen MR) is 74.8 cm³/mol. The highest BCUT2D eigenvalue weighted by atomic mass is 16.5. The van der Waals surface area contributed by atoms with Crippen LogP contribution in [0, 0.1) is 0 Å². The zero-order valence-electron chi connectivity index (χ0n) is 11.1. The van der Waals surface area contributed by atoms with Gasteiger partial charge in [0.15, 0.2) is 0 Å². The van der Waals surface area contributed by atoms with Gasteiger partial charge in [-0.2, -0.15) is 0 Å². The molecule has 0 aromatic heterocycles. The first kappa shape index (κ1) is 11.5. The molecule has 0 saturated heterocycles. The third kappa shape index (κ3) is 1.51. The average molecular weight is 238 g/mol. The Kier molecular flexibility index (Phi) is 2.53. The van der Waals surface area contributed by atoms with Crippen LogP contribution >= 0.6 is 0 Å². The molecule has 0 N–H and O–H groups in total. The van der Waals surface area contributed by atoms with E-state index in [1.807, 2.05) is 0 Å². The van der Waals surface area contributed by atoms with Gasteiger partial charge in [-0.25, -0.2) is 0 Å². The van der Waals surface area contributed by atoms with Crippen LogP contribution in [0.3, 0.4) is 0 Å². The van der Waals surface area contributed by atoms with E-state index in [-0.39, 0.29) is 5.60 Å². The fourth-order valence-corrected chi connectivity index (χ4v) is 3.02. The van der Waals surface area contributed by atoms with Crippen LogP contribution in [0.25, 0.3) is 11.1 Å². The molecular formula is C17H18O. The Morgan fingerprint density at radius 3 is 1.72 bits per heavy atom. The lowest BCUT2D eigenvalue weighted by atomic mass is 9.83. The Morgan fingerprint density at radius 1 is 0.833 bits per heavy atom. The van der Waals surface area contributed by atoms with Gasteiger partial charge in [-0.15, -0.1) is 0 Å². The molecule has 0 aliphatic heterocycles. The van der Waals surface area contributed by atoms with Crippen LogP contribution in [0.15, 0.2) is 48.5 Å². The molecule has 1 aliphatic rings. The molecule has 0 amide bonds. The van der Waals surface area contributed by atoms with E-state index in [1.54, 1.807) is 7.11 Å². The van der Waals surface area contributed by atoms with Crippen LogP contribution < -0.4 is 0 Å². The first-order chi connectivity index (χ1) is 8.65.